The summed E-state index contributed by atoms with van der Waals surface area (Å²) in [6.45, 7) is 13.0. The molecule has 1 aromatic rings. The molecule has 1 nitrogen and oxygen atoms in total. The van der Waals surface area contributed by atoms with Crippen LogP contribution in [-0.2, 0) is 4.43 Å². The summed E-state index contributed by atoms with van der Waals surface area (Å²) in [5.41, 5.74) is 2.27. The van der Waals surface area contributed by atoms with Crippen LogP contribution in [-0.4, -0.2) is 14.9 Å². The molecule has 0 aliphatic carbocycles. The summed E-state index contributed by atoms with van der Waals surface area (Å²) in [4.78, 5) is 0. The fourth-order valence-corrected chi connectivity index (χ4v) is 3.90. The molecule has 1 heterocycles. The van der Waals surface area contributed by atoms with E-state index in [0.717, 1.165) is 17.7 Å². The summed E-state index contributed by atoms with van der Waals surface area (Å²) in [6.07, 6.45) is 6.35. The van der Waals surface area contributed by atoms with E-state index in [1.165, 1.54) is 18.9 Å². The maximum Gasteiger partial charge on any atom is 0.186 e. The number of rotatable bonds is 2. The van der Waals surface area contributed by atoms with Gasteiger partial charge >= 0.3 is 0 Å². The first kappa shape index (κ1) is 14.9. The smallest absolute Gasteiger partial charge is 0.186 e. The fourth-order valence-electron chi connectivity index (χ4n) is 1.96. The summed E-state index contributed by atoms with van der Waals surface area (Å²) in [6, 6.07) is 9.38. The van der Waals surface area contributed by atoms with Gasteiger partial charge in [-0.05, 0) is 36.7 Å². The molecule has 0 bridgehead atoms. The lowest BCUT2D eigenvalue weighted by Gasteiger charge is -2.27. The second kappa shape index (κ2) is 7.34. The zero-order valence-electron chi connectivity index (χ0n) is 11.6. The van der Waals surface area contributed by atoms with Gasteiger partial charge in [-0.25, -0.2) is 0 Å². The molecular weight excluding hydrogens is 236 g/mol. The molecule has 98 valence electrons. The fraction of sp³-hybridized carbons (Fsp3) is 0.375. The summed E-state index contributed by atoms with van der Waals surface area (Å²) < 4.78 is 5.60. The van der Waals surface area contributed by atoms with Gasteiger partial charge in [0.05, 0.1) is 0 Å². The predicted octanol–water partition coefficient (Wildman–Crippen LogP) is 4.97. The van der Waals surface area contributed by atoms with Gasteiger partial charge in [-0.15, -0.1) is 0 Å². The maximum atomic E-state index is 5.60. The molecule has 0 aromatic heterocycles. The van der Waals surface area contributed by atoms with Crippen molar-refractivity contribution < 1.29 is 4.43 Å². The van der Waals surface area contributed by atoms with Crippen LogP contribution >= 0.6 is 0 Å². The molecule has 0 saturated carbocycles. The van der Waals surface area contributed by atoms with E-state index in [2.05, 4.69) is 26.3 Å². The lowest BCUT2D eigenvalue weighted by Crippen LogP contribution is -2.33. The minimum absolute atomic E-state index is 1.03. The van der Waals surface area contributed by atoms with Crippen LogP contribution in [0.3, 0.4) is 0 Å². The highest BCUT2D eigenvalue weighted by Crippen LogP contribution is 2.20. The summed E-state index contributed by atoms with van der Waals surface area (Å²) in [5.74, 6) is 0. The molecule has 0 N–H and O–H groups in total. The molecule has 0 amide bonds. The maximum absolute atomic E-state index is 5.60. The molecule has 1 saturated heterocycles. The van der Waals surface area contributed by atoms with Crippen molar-refractivity contribution in [3.63, 3.8) is 0 Å². The molecule has 0 radical (unpaired) electrons. The Hall–Kier alpha value is -1.12. The second-order valence-electron chi connectivity index (χ2n) is 5.10. The Morgan fingerprint density at radius 3 is 1.89 bits per heavy atom. The topological polar surface area (TPSA) is 9.23 Å². The Morgan fingerprint density at radius 2 is 1.61 bits per heavy atom. The van der Waals surface area contributed by atoms with Gasteiger partial charge in [0.1, 0.15) is 0 Å². The van der Waals surface area contributed by atoms with Crippen molar-refractivity contribution in [1.82, 2.24) is 0 Å². The molecular formula is C16H24OSi. The Bertz CT molecular complexity index is 361. The lowest BCUT2D eigenvalue weighted by atomic mass is 10.1. The van der Waals surface area contributed by atoms with E-state index >= 15 is 0 Å². The zero-order chi connectivity index (χ0) is 13.4. The summed E-state index contributed by atoms with van der Waals surface area (Å²) >= 11 is 0. The Balaban J connectivity index is 0.000000184. The molecule has 1 aromatic carbocycles. The van der Waals surface area contributed by atoms with Gasteiger partial charge in [0.15, 0.2) is 8.32 Å². The lowest BCUT2D eigenvalue weighted by molar-refractivity contribution is 0.275. The van der Waals surface area contributed by atoms with E-state index in [4.69, 9.17) is 4.43 Å². The van der Waals surface area contributed by atoms with Crippen molar-refractivity contribution in [2.24, 2.45) is 0 Å². The van der Waals surface area contributed by atoms with E-state index in [0.29, 0.717) is 0 Å². The average Bonchev–Trinajstić information content (AvgIpc) is 2.39. The molecule has 0 atom stereocenters. The molecule has 1 aliphatic heterocycles. The second-order valence-corrected chi connectivity index (χ2v) is 9.41. The van der Waals surface area contributed by atoms with Gasteiger partial charge in [0, 0.05) is 6.61 Å². The average molecular weight is 260 g/mol. The highest BCUT2D eigenvalue weighted by Gasteiger charge is 2.24. The van der Waals surface area contributed by atoms with Gasteiger partial charge in [-0.1, -0.05) is 56.0 Å². The molecule has 18 heavy (non-hydrogen) atoms. The van der Waals surface area contributed by atoms with Crippen molar-refractivity contribution >= 4 is 20.5 Å². The molecule has 1 fully saturated rings. The van der Waals surface area contributed by atoms with Crippen LogP contribution in [0, 0.1) is 0 Å². The third kappa shape index (κ3) is 5.03. The van der Waals surface area contributed by atoms with E-state index in [-0.39, 0.29) is 0 Å². The normalized spacial score (nSPS) is 17.2. The van der Waals surface area contributed by atoms with Gasteiger partial charge in [0.25, 0.3) is 0 Å². The van der Waals surface area contributed by atoms with Crippen LogP contribution in [0.1, 0.15) is 24.0 Å². The molecule has 2 heteroatoms. The van der Waals surface area contributed by atoms with Crippen molar-refractivity contribution in [2.75, 3.05) is 6.61 Å². The van der Waals surface area contributed by atoms with E-state index in [9.17, 15) is 0 Å². The number of benzene rings is 1. The highest BCUT2D eigenvalue weighted by atomic mass is 28.4. The van der Waals surface area contributed by atoms with Crippen molar-refractivity contribution in [3.8, 4) is 0 Å². The minimum atomic E-state index is -1.09. The van der Waals surface area contributed by atoms with E-state index in [1.54, 1.807) is 0 Å². The van der Waals surface area contributed by atoms with Gasteiger partial charge in [0.2, 0.25) is 0 Å². The quantitative estimate of drug-likeness (QED) is 0.682. The summed E-state index contributed by atoms with van der Waals surface area (Å²) in [7, 11) is -1.09. The third-order valence-corrected chi connectivity index (χ3v) is 5.65. The van der Waals surface area contributed by atoms with Crippen LogP contribution in [0.15, 0.2) is 37.4 Å². The van der Waals surface area contributed by atoms with Crippen LogP contribution < -0.4 is 0 Å². The monoisotopic (exact) mass is 260 g/mol. The standard InChI is InChI=1S/C10H10.C6H14OSi/c1-3-9-7-5-6-8-10(9)4-2;1-8(2)6-4-3-5-7-8/h3-8H,1-2H2;3-6H2,1-2H3. The zero-order valence-corrected chi connectivity index (χ0v) is 12.6. The van der Waals surface area contributed by atoms with Crippen molar-refractivity contribution in [3.05, 3.63) is 48.6 Å². The van der Waals surface area contributed by atoms with Gasteiger partial charge in [-0.2, -0.15) is 0 Å². The first-order chi connectivity index (χ1) is 8.59. The Kier molecular flexibility index (Phi) is 6.09. The highest BCUT2D eigenvalue weighted by molar-refractivity contribution is 6.71. The van der Waals surface area contributed by atoms with E-state index < -0.39 is 8.32 Å². The van der Waals surface area contributed by atoms with Crippen molar-refractivity contribution in [2.45, 2.75) is 32.0 Å². The molecule has 0 unspecified atom stereocenters. The number of hydrogen-bond donors (Lipinski definition) is 0. The largest absolute Gasteiger partial charge is 0.417 e. The van der Waals surface area contributed by atoms with E-state index in [1.807, 2.05) is 36.4 Å². The first-order valence-corrected chi connectivity index (χ1v) is 9.68. The predicted molar refractivity (Wildman–Crippen MR) is 84.1 cm³/mol. The minimum Gasteiger partial charge on any atom is -0.417 e. The van der Waals surface area contributed by atoms with Gasteiger partial charge in [-0.3, -0.25) is 0 Å². The van der Waals surface area contributed by atoms with Crippen LogP contribution in [0.5, 0.6) is 0 Å². The van der Waals surface area contributed by atoms with Crippen LogP contribution in [0.25, 0.3) is 12.2 Å². The molecule has 2 rings (SSSR count). The molecule has 1 aliphatic rings. The molecule has 0 spiro atoms. The van der Waals surface area contributed by atoms with Crippen LogP contribution in [0.2, 0.25) is 19.1 Å². The van der Waals surface area contributed by atoms with Gasteiger partial charge < -0.3 is 4.43 Å². The first-order valence-electron chi connectivity index (χ1n) is 6.57. The number of hydrogen-bond acceptors (Lipinski definition) is 1. The SMILES string of the molecule is C=Cc1ccccc1C=C.C[Si]1(C)CCCCO1. The third-order valence-electron chi connectivity index (χ3n) is 3.10. The van der Waals surface area contributed by atoms with Crippen LogP contribution in [0.4, 0.5) is 0 Å². The van der Waals surface area contributed by atoms with Crippen molar-refractivity contribution in [1.29, 1.82) is 0 Å². The Morgan fingerprint density at radius 1 is 1.06 bits per heavy atom. The Labute approximate surface area is 112 Å². The summed E-state index contributed by atoms with van der Waals surface area (Å²) in [5, 5.41) is 0.